The van der Waals surface area contributed by atoms with Crippen molar-refractivity contribution in [2.24, 2.45) is 0 Å². The summed E-state index contributed by atoms with van der Waals surface area (Å²) in [7, 11) is 0. The molecule has 2 rings (SSSR count). The van der Waals surface area contributed by atoms with Gasteiger partial charge in [-0.1, -0.05) is 12.8 Å². The topological polar surface area (TPSA) is 41.6 Å². The Morgan fingerprint density at radius 1 is 1.50 bits per heavy atom. The highest BCUT2D eigenvalue weighted by atomic mass is 19.1. The van der Waals surface area contributed by atoms with Gasteiger partial charge in [0.05, 0.1) is 17.8 Å². The van der Waals surface area contributed by atoms with Crippen LogP contribution in [0.3, 0.4) is 0 Å². The van der Waals surface area contributed by atoms with E-state index in [1.807, 2.05) is 6.07 Å². The van der Waals surface area contributed by atoms with Crippen LogP contribution >= 0.6 is 0 Å². The predicted octanol–water partition coefficient (Wildman–Crippen LogP) is 2.21. The second-order valence-electron chi connectivity index (χ2n) is 3.69. The lowest BCUT2D eigenvalue weighted by molar-refractivity contribution is 0.160. The first-order valence-corrected chi connectivity index (χ1v) is 4.89. The molecule has 0 amide bonds. The molecule has 1 heterocycles. The van der Waals surface area contributed by atoms with Crippen LogP contribution in [0.1, 0.15) is 37.3 Å². The zero-order chi connectivity index (χ0) is 9.97. The third-order valence-electron chi connectivity index (χ3n) is 2.72. The van der Waals surface area contributed by atoms with E-state index >= 15 is 0 Å². The molecule has 1 aromatic rings. The fraction of sp³-hybridized carbons (Fsp3) is 0.600. The first-order chi connectivity index (χ1) is 6.81. The van der Waals surface area contributed by atoms with E-state index < -0.39 is 6.17 Å². The van der Waals surface area contributed by atoms with Crippen LogP contribution in [-0.2, 0) is 0 Å². The summed E-state index contributed by atoms with van der Waals surface area (Å²) < 4.78 is 15.1. The first kappa shape index (κ1) is 9.20. The van der Waals surface area contributed by atoms with Gasteiger partial charge in [-0.3, -0.25) is 4.68 Å². The maximum atomic E-state index is 13.5. The predicted molar refractivity (Wildman–Crippen MR) is 49.3 cm³/mol. The molecule has 0 bridgehead atoms. The van der Waals surface area contributed by atoms with Crippen molar-refractivity contribution in [1.29, 1.82) is 5.26 Å². The Bertz CT molecular complexity index is 352. The second kappa shape index (κ2) is 3.79. The molecule has 3 nitrogen and oxygen atoms in total. The molecule has 2 unspecified atom stereocenters. The van der Waals surface area contributed by atoms with Crippen LogP contribution in [0.5, 0.6) is 0 Å². The highest BCUT2D eigenvalue weighted by Crippen LogP contribution is 2.30. The molecule has 0 radical (unpaired) electrons. The largest absolute Gasteiger partial charge is 0.265 e. The molecule has 0 saturated heterocycles. The lowest BCUT2D eigenvalue weighted by atomic mass is 9.94. The van der Waals surface area contributed by atoms with Gasteiger partial charge in [0.15, 0.2) is 0 Å². The Morgan fingerprint density at radius 2 is 2.29 bits per heavy atom. The molecule has 74 valence electrons. The van der Waals surface area contributed by atoms with Crippen molar-refractivity contribution in [2.75, 3.05) is 0 Å². The average molecular weight is 193 g/mol. The number of nitriles is 1. The normalized spacial score (nSPS) is 27.1. The van der Waals surface area contributed by atoms with Crippen molar-refractivity contribution in [3.8, 4) is 6.07 Å². The molecule has 0 aromatic carbocycles. The lowest BCUT2D eigenvalue weighted by Gasteiger charge is -2.25. The third-order valence-corrected chi connectivity index (χ3v) is 2.72. The van der Waals surface area contributed by atoms with Crippen LogP contribution in [0.4, 0.5) is 4.39 Å². The Morgan fingerprint density at radius 3 is 2.93 bits per heavy atom. The van der Waals surface area contributed by atoms with Gasteiger partial charge >= 0.3 is 0 Å². The molecule has 1 aromatic heterocycles. The monoisotopic (exact) mass is 193 g/mol. The molecule has 0 aliphatic heterocycles. The van der Waals surface area contributed by atoms with Gasteiger partial charge in [0.2, 0.25) is 0 Å². The molecule has 1 saturated carbocycles. The van der Waals surface area contributed by atoms with E-state index in [0.29, 0.717) is 12.0 Å². The number of rotatable bonds is 1. The van der Waals surface area contributed by atoms with Crippen LogP contribution in [0.25, 0.3) is 0 Å². The van der Waals surface area contributed by atoms with Crippen LogP contribution in [-0.4, -0.2) is 16.0 Å². The summed E-state index contributed by atoms with van der Waals surface area (Å²) in [6, 6.07) is 1.83. The standard InChI is InChI=1S/C10H12FN3/c11-9-3-1-2-4-10(9)14-7-8(5-12)6-13-14/h6-7,9-10H,1-4H2. The quantitative estimate of drug-likeness (QED) is 0.686. The number of nitrogens with zero attached hydrogens (tertiary/aromatic N) is 3. The van der Waals surface area contributed by atoms with Crippen molar-refractivity contribution in [2.45, 2.75) is 37.9 Å². The van der Waals surface area contributed by atoms with Gasteiger partial charge in [0.25, 0.3) is 0 Å². The molecule has 1 aliphatic rings. The average Bonchev–Trinajstić information content (AvgIpc) is 2.67. The first-order valence-electron chi connectivity index (χ1n) is 4.89. The fourth-order valence-electron chi connectivity index (χ4n) is 1.94. The Kier molecular flexibility index (Phi) is 2.49. The molecule has 1 aliphatic carbocycles. The number of hydrogen-bond donors (Lipinski definition) is 0. The third kappa shape index (κ3) is 1.63. The Balaban J connectivity index is 2.17. The SMILES string of the molecule is N#Cc1cnn(C2CCCCC2F)c1. The Hall–Kier alpha value is -1.37. The minimum atomic E-state index is -0.810. The minimum Gasteiger partial charge on any atom is -0.265 e. The van der Waals surface area contributed by atoms with E-state index in [1.54, 1.807) is 10.9 Å². The van der Waals surface area contributed by atoms with Crippen molar-refractivity contribution < 1.29 is 4.39 Å². The fourth-order valence-corrected chi connectivity index (χ4v) is 1.94. The van der Waals surface area contributed by atoms with Gasteiger partial charge in [-0.05, 0) is 12.8 Å². The van der Waals surface area contributed by atoms with Crippen molar-refractivity contribution in [3.63, 3.8) is 0 Å². The second-order valence-corrected chi connectivity index (χ2v) is 3.69. The summed E-state index contributed by atoms with van der Waals surface area (Å²) in [5.41, 5.74) is 0.503. The zero-order valence-corrected chi connectivity index (χ0v) is 7.86. The summed E-state index contributed by atoms with van der Waals surface area (Å²) in [6.45, 7) is 0. The van der Waals surface area contributed by atoms with Crippen LogP contribution in [0.15, 0.2) is 12.4 Å². The highest BCUT2D eigenvalue weighted by molar-refractivity contribution is 5.22. The summed E-state index contributed by atoms with van der Waals surface area (Å²) >= 11 is 0. The molecule has 14 heavy (non-hydrogen) atoms. The van der Waals surface area contributed by atoms with Gasteiger partial charge in [0.1, 0.15) is 12.2 Å². The van der Waals surface area contributed by atoms with Crippen LogP contribution < -0.4 is 0 Å². The summed E-state index contributed by atoms with van der Waals surface area (Å²) in [6.07, 6.45) is 5.76. The van der Waals surface area contributed by atoms with E-state index in [9.17, 15) is 4.39 Å². The number of hydrogen-bond acceptors (Lipinski definition) is 2. The number of halogens is 1. The summed E-state index contributed by atoms with van der Waals surface area (Å²) in [4.78, 5) is 0. The summed E-state index contributed by atoms with van der Waals surface area (Å²) in [5, 5.41) is 12.6. The summed E-state index contributed by atoms with van der Waals surface area (Å²) in [5.74, 6) is 0. The smallest absolute Gasteiger partial charge is 0.122 e. The van der Waals surface area contributed by atoms with Gasteiger partial charge < -0.3 is 0 Å². The molecule has 4 heteroatoms. The molecule has 0 N–H and O–H groups in total. The van der Waals surface area contributed by atoms with E-state index in [-0.39, 0.29) is 6.04 Å². The van der Waals surface area contributed by atoms with E-state index in [1.165, 1.54) is 6.20 Å². The van der Waals surface area contributed by atoms with E-state index in [2.05, 4.69) is 5.10 Å². The van der Waals surface area contributed by atoms with Gasteiger partial charge in [-0.2, -0.15) is 10.4 Å². The Labute approximate surface area is 82.1 Å². The minimum absolute atomic E-state index is 0.161. The number of alkyl halides is 1. The molecular weight excluding hydrogens is 181 g/mol. The van der Waals surface area contributed by atoms with Gasteiger partial charge in [-0.25, -0.2) is 4.39 Å². The lowest BCUT2D eigenvalue weighted by Crippen LogP contribution is -2.24. The van der Waals surface area contributed by atoms with Crippen LogP contribution in [0, 0.1) is 11.3 Å². The molecule has 2 atom stereocenters. The van der Waals surface area contributed by atoms with E-state index in [4.69, 9.17) is 5.26 Å². The molecule has 0 spiro atoms. The van der Waals surface area contributed by atoms with E-state index in [0.717, 1.165) is 19.3 Å². The maximum Gasteiger partial charge on any atom is 0.122 e. The zero-order valence-electron chi connectivity index (χ0n) is 7.86. The van der Waals surface area contributed by atoms with Gasteiger partial charge in [0, 0.05) is 6.20 Å². The van der Waals surface area contributed by atoms with Crippen molar-refractivity contribution in [1.82, 2.24) is 9.78 Å². The maximum absolute atomic E-state index is 13.5. The molecular formula is C10H12FN3. The van der Waals surface area contributed by atoms with Crippen molar-refractivity contribution in [3.05, 3.63) is 18.0 Å². The number of aromatic nitrogens is 2. The van der Waals surface area contributed by atoms with Crippen molar-refractivity contribution >= 4 is 0 Å². The highest BCUT2D eigenvalue weighted by Gasteiger charge is 2.26. The van der Waals surface area contributed by atoms with Gasteiger partial charge in [-0.15, -0.1) is 0 Å². The van der Waals surface area contributed by atoms with Crippen LogP contribution in [0.2, 0.25) is 0 Å². The molecule has 1 fully saturated rings.